The van der Waals surface area contributed by atoms with Crippen molar-refractivity contribution in [3.05, 3.63) is 107 Å². The highest BCUT2D eigenvalue weighted by atomic mass is 16.7. The van der Waals surface area contributed by atoms with Gasteiger partial charge in [0, 0.05) is 25.8 Å². The van der Waals surface area contributed by atoms with E-state index in [1.807, 2.05) is 0 Å². The van der Waals surface area contributed by atoms with Crippen molar-refractivity contribution in [1.29, 1.82) is 0 Å². The van der Waals surface area contributed by atoms with Gasteiger partial charge in [0.1, 0.15) is 0 Å². The van der Waals surface area contributed by atoms with E-state index in [-0.39, 0.29) is 17.9 Å². The standard InChI is InChI=1S/C26H27NO2/c1-28-25-22-14-8-9-15-23(22)26(29-25)16-18-27(19-17-26)24(20-10-4-2-5-11-20)21-12-6-3-7-13-21/h2-15,24-25H,16-19H2,1H3. The molecule has 3 aromatic rings. The molecule has 1 atom stereocenters. The Labute approximate surface area is 172 Å². The molecule has 3 nitrogen and oxygen atoms in total. The van der Waals surface area contributed by atoms with Gasteiger partial charge in [-0.05, 0) is 29.5 Å². The lowest BCUT2D eigenvalue weighted by atomic mass is 9.82. The fraction of sp³-hybridized carbons (Fsp3) is 0.308. The third kappa shape index (κ3) is 3.29. The Hall–Kier alpha value is -2.46. The highest BCUT2D eigenvalue weighted by Gasteiger charge is 2.47. The number of piperidine rings is 1. The van der Waals surface area contributed by atoms with Crippen molar-refractivity contribution in [3.8, 4) is 0 Å². The zero-order chi connectivity index (χ0) is 19.7. The molecular formula is C26H27NO2. The van der Waals surface area contributed by atoms with Gasteiger partial charge in [-0.3, -0.25) is 4.90 Å². The van der Waals surface area contributed by atoms with Crippen LogP contribution < -0.4 is 0 Å². The number of hydrogen-bond acceptors (Lipinski definition) is 3. The smallest absolute Gasteiger partial charge is 0.184 e. The van der Waals surface area contributed by atoms with E-state index >= 15 is 0 Å². The summed E-state index contributed by atoms with van der Waals surface area (Å²) in [6.45, 7) is 1.97. The summed E-state index contributed by atoms with van der Waals surface area (Å²) in [6.07, 6.45) is 1.69. The first-order valence-electron chi connectivity index (χ1n) is 10.4. The molecule has 3 aromatic carbocycles. The second kappa shape index (κ2) is 7.75. The van der Waals surface area contributed by atoms with E-state index in [1.54, 1.807) is 7.11 Å². The molecule has 0 amide bonds. The van der Waals surface area contributed by atoms with Crippen LogP contribution in [-0.2, 0) is 15.1 Å². The van der Waals surface area contributed by atoms with Gasteiger partial charge in [-0.1, -0.05) is 84.9 Å². The Kier molecular flexibility index (Phi) is 4.96. The Morgan fingerprint density at radius 2 is 1.38 bits per heavy atom. The van der Waals surface area contributed by atoms with Gasteiger partial charge in [-0.25, -0.2) is 0 Å². The van der Waals surface area contributed by atoms with E-state index in [2.05, 4.69) is 89.8 Å². The van der Waals surface area contributed by atoms with E-state index in [1.165, 1.54) is 22.3 Å². The van der Waals surface area contributed by atoms with Crippen LogP contribution in [0.15, 0.2) is 84.9 Å². The SMILES string of the molecule is COC1OC2(CCN(C(c3ccccc3)c3ccccc3)CC2)c2ccccc21. The topological polar surface area (TPSA) is 21.7 Å². The summed E-state index contributed by atoms with van der Waals surface area (Å²) >= 11 is 0. The largest absolute Gasteiger partial charge is 0.352 e. The summed E-state index contributed by atoms with van der Waals surface area (Å²) in [5.74, 6) is 0. The molecule has 0 aromatic heterocycles. The highest BCUT2D eigenvalue weighted by Crippen LogP contribution is 2.50. The van der Waals surface area contributed by atoms with Crippen molar-refractivity contribution in [2.45, 2.75) is 30.8 Å². The maximum absolute atomic E-state index is 6.50. The molecule has 0 bridgehead atoms. The van der Waals surface area contributed by atoms with Gasteiger partial charge in [-0.15, -0.1) is 0 Å². The lowest BCUT2D eigenvalue weighted by Crippen LogP contribution is -2.44. The molecule has 3 heteroatoms. The summed E-state index contributed by atoms with van der Waals surface area (Å²) in [4.78, 5) is 2.60. The zero-order valence-electron chi connectivity index (χ0n) is 16.8. The number of likely N-dealkylation sites (tertiary alicyclic amines) is 1. The summed E-state index contributed by atoms with van der Waals surface area (Å²) in [5, 5.41) is 0. The fourth-order valence-corrected chi connectivity index (χ4v) is 5.04. The molecule has 1 spiro atoms. The Balaban J connectivity index is 1.43. The molecule has 0 radical (unpaired) electrons. The van der Waals surface area contributed by atoms with Crippen LogP contribution in [-0.4, -0.2) is 25.1 Å². The van der Waals surface area contributed by atoms with Gasteiger partial charge in [0.15, 0.2) is 6.29 Å². The minimum absolute atomic E-state index is 0.230. The molecule has 0 aliphatic carbocycles. The summed E-state index contributed by atoms with van der Waals surface area (Å²) in [6, 6.07) is 30.5. The van der Waals surface area contributed by atoms with Crippen LogP contribution in [0, 0.1) is 0 Å². The average Bonchev–Trinajstić information content (AvgIpc) is 3.10. The Bertz CT molecular complexity index is 909. The van der Waals surface area contributed by atoms with Crippen LogP contribution in [0.1, 0.15) is 47.4 Å². The van der Waals surface area contributed by atoms with Crippen molar-refractivity contribution in [1.82, 2.24) is 4.90 Å². The molecule has 5 rings (SSSR count). The molecule has 2 heterocycles. The summed E-state index contributed by atoms with van der Waals surface area (Å²) < 4.78 is 12.1. The molecule has 0 saturated carbocycles. The van der Waals surface area contributed by atoms with Crippen molar-refractivity contribution in [2.24, 2.45) is 0 Å². The van der Waals surface area contributed by atoms with E-state index in [9.17, 15) is 0 Å². The maximum Gasteiger partial charge on any atom is 0.184 e. The van der Waals surface area contributed by atoms with E-state index in [0.717, 1.165) is 25.9 Å². The molecule has 2 aliphatic rings. The summed E-state index contributed by atoms with van der Waals surface area (Å²) in [7, 11) is 1.73. The molecule has 0 N–H and O–H groups in total. The normalized spacial score (nSPS) is 20.8. The molecule has 2 aliphatic heterocycles. The Morgan fingerprint density at radius 1 is 0.828 bits per heavy atom. The van der Waals surface area contributed by atoms with Crippen molar-refractivity contribution < 1.29 is 9.47 Å². The first kappa shape index (κ1) is 18.6. The molecular weight excluding hydrogens is 358 g/mol. The quantitative estimate of drug-likeness (QED) is 0.597. The van der Waals surface area contributed by atoms with Crippen LogP contribution in [0.3, 0.4) is 0 Å². The minimum Gasteiger partial charge on any atom is -0.352 e. The third-order valence-electron chi connectivity index (χ3n) is 6.45. The third-order valence-corrected chi connectivity index (χ3v) is 6.45. The fourth-order valence-electron chi connectivity index (χ4n) is 5.04. The van der Waals surface area contributed by atoms with Gasteiger partial charge in [0.2, 0.25) is 0 Å². The minimum atomic E-state index is -0.253. The second-order valence-corrected chi connectivity index (χ2v) is 8.03. The number of benzene rings is 3. The number of ether oxygens (including phenoxy) is 2. The lowest BCUT2D eigenvalue weighted by molar-refractivity contribution is -0.203. The van der Waals surface area contributed by atoms with Crippen LogP contribution in [0.2, 0.25) is 0 Å². The van der Waals surface area contributed by atoms with Crippen LogP contribution in [0.5, 0.6) is 0 Å². The monoisotopic (exact) mass is 385 g/mol. The molecule has 1 fully saturated rings. The van der Waals surface area contributed by atoms with Gasteiger partial charge in [0.25, 0.3) is 0 Å². The van der Waals surface area contributed by atoms with E-state index in [0.29, 0.717) is 0 Å². The van der Waals surface area contributed by atoms with Crippen LogP contribution >= 0.6 is 0 Å². The first-order valence-corrected chi connectivity index (χ1v) is 10.4. The average molecular weight is 386 g/mol. The van der Waals surface area contributed by atoms with Crippen LogP contribution in [0.25, 0.3) is 0 Å². The first-order chi connectivity index (χ1) is 14.3. The lowest BCUT2D eigenvalue weighted by Gasteiger charge is -2.43. The van der Waals surface area contributed by atoms with Gasteiger partial charge in [-0.2, -0.15) is 0 Å². The summed E-state index contributed by atoms with van der Waals surface area (Å²) in [5.41, 5.74) is 4.95. The number of hydrogen-bond donors (Lipinski definition) is 0. The molecule has 1 unspecified atom stereocenters. The van der Waals surface area contributed by atoms with E-state index in [4.69, 9.17) is 9.47 Å². The van der Waals surface area contributed by atoms with Gasteiger partial charge >= 0.3 is 0 Å². The molecule has 148 valence electrons. The zero-order valence-corrected chi connectivity index (χ0v) is 16.8. The highest BCUT2D eigenvalue weighted by molar-refractivity contribution is 5.38. The maximum atomic E-state index is 6.50. The van der Waals surface area contributed by atoms with Crippen molar-refractivity contribution >= 4 is 0 Å². The molecule has 1 saturated heterocycles. The van der Waals surface area contributed by atoms with Gasteiger partial charge in [0.05, 0.1) is 11.6 Å². The van der Waals surface area contributed by atoms with Crippen molar-refractivity contribution in [3.63, 3.8) is 0 Å². The number of rotatable bonds is 4. The Morgan fingerprint density at radius 3 is 1.97 bits per heavy atom. The number of fused-ring (bicyclic) bond motifs is 2. The van der Waals surface area contributed by atoms with Gasteiger partial charge < -0.3 is 9.47 Å². The van der Waals surface area contributed by atoms with E-state index < -0.39 is 0 Å². The predicted molar refractivity (Wildman–Crippen MR) is 114 cm³/mol. The van der Waals surface area contributed by atoms with Crippen molar-refractivity contribution in [2.75, 3.05) is 20.2 Å². The second-order valence-electron chi connectivity index (χ2n) is 8.03. The number of methoxy groups -OCH3 is 1. The predicted octanol–water partition coefficient (Wildman–Crippen LogP) is 5.44. The number of nitrogens with zero attached hydrogens (tertiary/aromatic N) is 1. The van der Waals surface area contributed by atoms with Crippen LogP contribution in [0.4, 0.5) is 0 Å². The molecule has 29 heavy (non-hydrogen) atoms.